The van der Waals surface area contributed by atoms with E-state index in [4.69, 9.17) is 10.5 Å². The lowest BCUT2D eigenvalue weighted by Crippen LogP contribution is -2.54. The SMILES string of the molecule is Cl.Cl.NC[C@H]1CC[C@@H](C(=O)N2CCN(CC(F)(F)C(F)F)CC2)O1. The van der Waals surface area contributed by atoms with Gasteiger partial charge in [-0.25, -0.2) is 8.78 Å². The second kappa shape index (κ2) is 9.96. The number of carbonyl (C=O) groups is 1. The number of hydrogen-bond donors (Lipinski definition) is 1. The molecule has 0 aromatic rings. The number of piperazine rings is 1. The first kappa shape index (κ1) is 23.6. The number of halogens is 6. The lowest BCUT2D eigenvalue weighted by Gasteiger charge is -2.37. The summed E-state index contributed by atoms with van der Waals surface area (Å²) in [5.74, 6) is -4.19. The van der Waals surface area contributed by atoms with Crippen LogP contribution in [0, 0.1) is 0 Å². The van der Waals surface area contributed by atoms with Gasteiger partial charge in [0.2, 0.25) is 0 Å². The van der Waals surface area contributed by atoms with Crippen LogP contribution in [0.5, 0.6) is 0 Å². The molecule has 0 aromatic heterocycles. The molecule has 0 radical (unpaired) electrons. The van der Waals surface area contributed by atoms with E-state index < -0.39 is 25.0 Å². The smallest absolute Gasteiger partial charge is 0.319 e. The Morgan fingerprint density at radius 2 is 1.75 bits per heavy atom. The Balaban J connectivity index is 0.00000264. The molecule has 0 aliphatic carbocycles. The van der Waals surface area contributed by atoms with Crippen LogP contribution < -0.4 is 5.73 Å². The monoisotopic (exact) mass is 399 g/mol. The van der Waals surface area contributed by atoms with Gasteiger partial charge in [-0.3, -0.25) is 9.69 Å². The van der Waals surface area contributed by atoms with Crippen LogP contribution in [-0.2, 0) is 9.53 Å². The normalized spacial score (nSPS) is 25.3. The van der Waals surface area contributed by atoms with E-state index in [1.165, 1.54) is 4.90 Å². The van der Waals surface area contributed by atoms with Gasteiger partial charge >= 0.3 is 12.3 Å². The van der Waals surface area contributed by atoms with Crippen molar-refractivity contribution in [2.75, 3.05) is 39.3 Å². The molecule has 1 amide bonds. The van der Waals surface area contributed by atoms with Gasteiger partial charge in [-0.05, 0) is 12.8 Å². The van der Waals surface area contributed by atoms with Crippen molar-refractivity contribution in [3.63, 3.8) is 0 Å². The number of amides is 1. The standard InChI is InChI=1S/C13H21F4N3O2.2ClH/c14-12(15)13(16,17)8-19-3-5-20(6-4-19)11(21)10-2-1-9(7-18)22-10;;/h9-10,12H,1-8,18H2;2*1H/t9-,10+;;/m1../s1. The van der Waals surface area contributed by atoms with Crippen LogP contribution in [0.2, 0.25) is 0 Å². The highest BCUT2D eigenvalue weighted by atomic mass is 35.5. The molecule has 2 fully saturated rings. The molecule has 2 atom stereocenters. The molecule has 144 valence electrons. The van der Waals surface area contributed by atoms with Gasteiger partial charge in [-0.2, -0.15) is 8.78 Å². The average molecular weight is 400 g/mol. The molecule has 0 aromatic carbocycles. The fourth-order valence-electron chi connectivity index (χ4n) is 2.76. The first-order chi connectivity index (χ1) is 10.3. The maximum absolute atomic E-state index is 13.0. The highest BCUT2D eigenvalue weighted by Crippen LogP contribution is 2.25. The minimum atomic E-state index is -4.02. The summed E-state index contributed by atoms with van der Waals surface area (Å²) < 4.78 is 55.9. The Bertz CT molecular complexity index is 399. The third-order valence-corrected chi connectivity index (χ3v) is 4.08. The highest BCUT2D eigenvalue weighted by molar-refractivity contribution is 5.85. The Morgan fingerprint density at radius 3 is 2.21 bits per heavy atom. The van der Waals surface area contributed by atoms with Gasteiger partial charge in [0.15, 0.2) is 0 Å². The van der Waals surface area contributed by atoms with Gasteiger partial charge in [0.1, 0.15) is 6.10 Å². The topological polar surface area (TPSA) is 58.8 Å². The molecule has 2 rings (SSSR count). The summed E-state index contributed by atoms with van der Waals surface area (Å²) in [6, 6.07) is 0. The molecule has 2 aliphatic rings. The quantitative estimate of drug-likeness (QED) is 0.709. The van der Waals surface area contributed by atoms with Crippen LogP contribution in [-0.4, -0.2) is 79.5 Å². The fraction of sp³-hybridized carbons (Fsp3) is 0.923. The van der Waals surface area contributed by atoms with Crippen LogP contribution in [0.3, 0.4) is 0 Å². The Morgan fingerprint density at radius 1 is 1.17 bits per heavy atom. The molecule has 11 heteroatoms. The summed E-state index contributed by atoms with van der Waals surface area (Å²) in [4.78, 5) is 15.0. The summed E-state index contributed by atoms with van der Waals surface area (Å²) in [6.07, 6.45) is -2.98. The van der Waals surface area contributed by atoms with Crippen molar-refractivity contribution in [3.05, 3.63) is 0 Å². The van der Waals surface area contributed by atoms with Crippen LogP contribution in [0.1, 0.15) is 12.8 Å². The van der Waals surface area contributed by atoms with Crippen molar-refractivity contribution in [1.29, 1.82) is 0 Å². The van der Waals surface area contributed by atoms with E-state index in [1.807, 2.05) is 0 Å². The molecule has 0 unspecified atom stereocenters. The van der Waals surface area contributed by atoms with Gasteiger partial charge < -0.3 is 15.4 Å². The average Bonchev–Trinajstić information content (AvgIpc) is 2.95. The van der Waals surface area contributed by atoms with E-state index in [-0.39, 0.29) is 63.0 Å². The zero-order valence-corrected chi connectivity index (χ0v) is 14.6. The molecule has 0 spiro atoms. The predicted molar refractivity (Wildman–Crippen MR) is 85.4 cm³/mol. The second-order valence-corrected chi connectivity index (χ2v) is 5.72. The van der Waals surface area contributed by atoms with Crippen molar-refractivity contribution in [2.24, 2.45) is 5.73 Å². The number of nitrogens with zero attached hydrogens (tertiary/aromatic N) is 2. The minimum Gasteiger partial charge on any atom is -0.364 e. The number of carbonyl (C=O) groups excluding carboxylic acids is 1. The fourth-order valence-corrected chi connectivity index (χ4v) is 2.76. The van der Waals surface area contributed by atoms with Gasteiger partial charge in [0.05, 0.1) is 12.6 Å². The highest BCUT2D eigenvalue weighted by Gasteiger charge is 2.43. The van der Waals surface area contributed by atoms with E-state index in [0.717, 1.165) is 6.42 Å². The van der Waals surface area contributed by atoms with E-state index in [9.17, 15) is 22.4 Å². The minimum absolute atomic E-state index is 0. The third-order valence-electron chi connectivity index (χ3n) is 4.08. The zero-order valence-electron chi connectivity index (χ0n) is 13.0. The third kappa shape index (κ3) is 5.87. The number of ether oxygens (including phenoxy) is 1. The van der Waals surface area contributed by atoms with Crippen LogP contribution in [0.15, 0.2) is 0 Å². The van der Waals surface area contributed by atoms with Crippen molar-refractivity contribution < 1.29 is 27.1 Å². The molecule has 2 heterocycles. The van der Waals surface area contributed by atoms with E-state index >= 15 is 0 Å². The van der Waals surface area contributed by atoms with Crippen molar-refractivity contribution in [1.82, 2.24) is 9.80 Å². The molecule has 2 saturated heterocycles. The van der Waals surface area contributed by atoms with Crippen molar-refractivity contribution in [3.8, 4) is 0 Å². The Kier molecular flexibility index (Phi) is 9.81. The lowest BCUT2D eigenvalue weighted by molar-refractivity contribution is -0.152. The number of nitrogens with two attached hydrogens (primary N) is 1. The molecule has 2 aliphatic heterocycles. The lowest BCUT2D eigenvalue weighted by atomic mass is 10.1. The molecule has 5 nitrogen and oxygen atoms in total. The summed E-state index contributed by atoms with van der Waals surface area (Å²) in [6.45, 7) is 0.168. The molecule has 0 saturated carbocycles. The molecular weight excluding hydrogens is 377 g/mol. The number of alkyl halides is 4. The summed E-state index contributed by atoms with van der Waals surface area (Å²) in [5.41, 5.74) is 5.49. The second-order valence-electron chi connectivity index (χ2n) is 5.72. The van der Waals surface area contributed by atoms with Crippen molar-refractivity contribution >= 4 is 30.7 Å². The molecule has 2 N–H and O–H groups in total. The number of hydrogen-bond acceptors (Lipinski definition) is 4. The van der Waals surface area contributed by atoms with Crippen LogP contribution in [0.25, 0.3) is 0 Å². The van der Waals surface area contributed by atoms with Gasteiger partial charge in [-0.1, -0.05) is 0 Å². The molecule has 0 bridgehead atoms. The van der Waals surface area contributed by atoms with Crippen LogP contribution in [0.4, 0.5) is 17.6 Å². The van der Waals surface area contributed by atoms with Gasteiger partial charge in [0, 0.05) is 32.7 Å². The molecular formula is C13H23Cl2F4N3O2. The van der Waals surface area contributed by atoms with E-state index in [0.29, 0.717) is 13.0 Å². The summed E-state index contributed by atoms with van der Waals surface area (Å²) in [5, 5.41) is 0. The maximum atomic E-state index is 13.0. The number of rotatable bonds is 5. The van der Waals surface area contributed by atoms with E-state index in [1.54, 1.807) is 4.90 Å². The summed E-state index contributed by atoms with van der Waals surface area (Å²) >= 11 is 0. The zero-order chi connectivity index (χ0) is 16.3. The largest absolute Gasteiger partial charge is 0.364 e. The Labute approximate surface area is 150 Å². The predicted octanol–water partition coefficient (Wildman–Crippen LogP) is 1.38. The van der Waals surface area contributed by atoms with Crippen molar-refractivity contribution in [2.45, 2.75) is 37.4 Å². The first-order valence-corrected chi connectivity index (χ1v) is 7.36. The van der Waals surface area contributed by atoms with E-state index in [2.05, 4.69) is 0 Å². The van der Waals surface area contributed by atoms with Gasteiger partial charge in [-0.15, -0.1) is 24.8 Å². The maximum Gasteiger partial charge on any atom is 0.319 e. The van der Waals surface area contributed by atoms with Gasteiger partial charge in [0.25, 0.3) is 5.91 Å². The summed E-state index contributed by atoms with van der Waals surface area (Å²) in [7, 11) is 0. The molecule has 24 heavy (non-hydrogen) atoms. The van der Waals surface area contributed by atoms with Crippen LogP contribution >= 0.6 is 24.8 Å². The Hall–Kier alpha value is -0.350. The first-order valence-electron chi connectivity index (χ1n) is 7.36.